The fraction of sp³-hybridized carbons (Fsp3) is 0.222. The summed E-state index contributed by atoms with van der Waals surface area (Å²) in [6.45, 7) is 0. The summed E-state index contributed by atoms with van der Waals surface area (Å²) >= 11 is 14.5. The molecule has 0 saturated heterocycles. The molecule has 1 N–H and O–H groups in total. The number of hydrogen-bond donors (Lipinski definition) is 1. The highest BCUT2D eigenvalue weighted by atomic mass is 35.5. The molecule has 0 aliphatic heterocycles. The van der Waals surface area contributed by atoms with Crippen LogP contribution in [0.5, 0.6) is 0 Å². The summed E-state index contributed by atoms with van der Waals surface area (Å²) < 4.78 is 0. The van der Waals surface area contributed by atoms with Crippen LogP contribution in [-0.4, -0.2) is 35.9 Å². The molecule has 0 saturated carbocycles. The molecule has 0 aliphatic rings. The van der Waals surface area contributed by atoms with Crippen molar-refractivity contribution in [1.29, 1.82) is 0 Å². The minimum Gasteiger partial charge on any atom is -0.339 e. The summed E-state index contributed by atoms with van der Waals surface area (Å²) in [6.07, 6.45) is 0. The number of rotatable bonds is 6. The van der Waals surface area contributed by atoms with E-state index in [1.165, 1.54) is 16.7 Å². The molecule has 2 rings (SSSR count). The zero-order valence-corrected chi connectivity index (χ0v) is 17.4. The lowest BCUT2D eigenvalue weighted by Gasteiger charge is -2.13. The summed E-state index contributed by atoms with van der Waals surface area (Å²) in [6, 6.07) is 12.6. The number of nitrogens with zero attached hydrogens (tertiary/aromatic N) is 1. The van der Waals surface area contributed by atoms with Gasteiger partial charge in [-0.05, 0) is 41.6 Å². The quantitative estimate of drug-likeness (QED) is 0.604. The van der Waals surface area contributed by atoms with Gasteiger partial charge in [-0.1, -0.05) is 41.4 Å². The van der Waals surface area contributed by atoms with Crippen LogP contribution in [-0.2, 0) is 10.5 Å². The monoisotopic (exact) mass is 428 g/mol. The van der Waals surface area contributed by atoms with Crippen LogP contribution < -0.4 is 5.32 Å². The van der Waals surface area contributed by atoms with Crippen molar-refractivity contribution in [3.8, 4) is 0 Å². The summed E-state index contributed by atoms with van der Waals surface area (Å²) in [5.41, 5.74) is 1.56. The molecule has 0 atom stereocenters. The number of anilines is 1. The highest BCUT2D eigenvalue weighted by Gasteiger charge is 2.12. The topological polar surface area (TPSA) is 49.4 Å². The van der Waals surface area contributed by atoms with E-state index in [0.717, 1.165) is 17.3 Å². The van der Waals surface area contributed by atoms with Crippen molar-refractivity contribution in [3.63, 3.8) is 0 Å². The van der Waals surface area contributed by atoms with Crippen LogP contribution in [0.15, 0.2) is 47.4 Å². The van der Waals surface area contributed by atoms with Gasteiger partial charge in [-0.25, -0.2) is 0 Å². The highest BCUT2D eigenvalue weighted by Crippen LogP contribution is 2.29. The average Bonchev–Trinajstić information content (AvgIpc) is 2.58. The molecule has 0 unspecified atom stereocenters. The molecule has 26 heavy (non-hydrogen) atoms. The van der Waals surface area contributed by atoms with Crippen LogP contribution in [0.2, 0.25) is 10.0 Å². The first-order valence-electron chi connectivity index (χ1n) is 7.66. The molecule has 0 aromatic heterocycles. The first kappa shape index (κ1) is 21.0. The summed E-state index contributed by atoms with van der Waals surface area (Å²) in [5, 5.41) is 3.94. The second-order valence-corrected chi connectivity index (χ2v) is 8.36. The van der Waals surface area contributed by atoms with Gasteiger partial charge in [-0.2, -0.15) is 0 Å². The van der Waals surface area contributed by atoms with Gasteiger partial charge in [-0.15, -0.1) is 11.8 Å². The lowest BCUT2D eigenvalue weighted by molar-refractivity contribution is -0.113. The fourth-order valence-corrected chi connectivity index (χ4v) is 4.06. The van der Waals surface area contributed by atoms with Gasteiger partial charge in [0.1, 0.15) is 0 Å². The number of carbonyl (C=O) groups is 2. The number of nitrogens with one attached hydrogen (secondary N) is 1. The summed E-state index contributed by atoms with van der Waals surface area (Å²) in [7, 11) is 3.38. The Bertz CT molecular complexity index is 801. The van der Waals surface area contributed by atoms with E-state index < -0.39 is 0 Å². The second kappa shape index (κ2) is 10.1. The molecule has 0 aliphatic carbocycles. The summed E-state index contributed by atoms with van der Waals surface area (Å²) in [5.74, 6) is 0.754. The van der Waals surface area contributed by atoms with Gasteiger partial charge in [0.2, 0.25) is 5.91 Å². The maximum absolute atomic E-state index is 12.2. The molecule has 0 heterocycles. The summed E-state index contributed by atoms with van der Waals surface area (Å²) in [4.78, 5) is 26.3. The molecule has 138 valence electrons. The van der Waals surface area contributed by atoms with Gasteiger partial charge in [0.25, 0.3) is 5.24 Å². The molecule has 2 aromatic carbocycles. The third-order valence-corrected chi connectivity index (χ3v) is 5.91. The number of benzene rings is 2. The molecular formula is C18H18Cl2N2O2S2. The van der Waals surface area contributed by atoms with Crippen LogP contribution in [0.4, 0.5) is 10.5 Å². The predicted octanol–water partition coefficient (Wildman–Crippen LogP) is 5.64. The van der Waals surface area contributed by atoms with E-state index in [1.807, 2.05) is 24.3 Å². The minimum absolute atomic E-state index is 0.0987. The van der Waals surface area contributed by atoms with Crippen LogP contribution in [0.3, 0.4) is 0 Å². The standard InChI is InChI=1S/C18H18Cl2N2O2S2/c1-22(2)18(24)26-16-6-4-3-5-15(16)21-17(23)11-25-10-12-7-8-13(19)9-14(12)20/h3-9H,10-11H2,1-2H3,(H,21,23). The minimum atomic E-state index is -0.134. The van der Waals surface area contributed by atoms with E-state index in [4.69, 9.17) is 23.2 Å². The highest BCUT2D eigenvalue weighted by molar-refractivity contribution is 8.13. The lowest BCUT2D eigenvalue weighted by Crippen LogP contribution is -2.17. The van der Waals surface area contributed by atoms with Crippen LogP contribution in [0.25, 0.3) is 0 Å². The Kier molecular flexibility index (Phi) is 8.15. The Morgan fingerprint density at radius 3 is 2.54 bits per heavy atom. The van der Waals surface area contributed by atoms with E-state index in [2.05, 4.69) is 5.32 Å². The van der Waals surface area contributed by atoms with E-state index in [0.29, 0.717) is 26.4 Å². The maximum Gasteiger partial charge on any atom is 0.286 e. The predicted molar refractivity (Wildman–Crippen MR) is 113 cm³/mol. The normalized spacial score (nSPS) is 10.5. The van der Waals surface area contributed by atoms with Crippen molar-refractivity contribution in [1.82, 2.24) is 4.90 Å². The van der Waals surface area contributed by atoms with Gasteiger partial charge in [0.05, 0.1) is 11.4 Å². The van der Waals surface area contributed by atoms with Gasteiger partial charge in [0.15, 0.2) is 0 Å². The number of halogens is 2. The van der Waals surface area contributed by atoms with E-state index in [9.17, 15) is 9.59 Å². The Morgan fingerprint density at radius 1 is 1.12 bits per heavy atom. The van der Waals surface area contributed by atoms with Crippen molar-refractivity contribution < 1.29 is 9.59 Å². The first-order chi connectivity index (χ1) is 12.4. The smallest absolute Gasteiger partial charge is 0.286 e. The van der Waals surface area contributed by atoms with Gasteiger partial charge in [0, 0.05) is 34.8 Å². The zero-order chi connectivity index (χ0) is 19.1. The van der Waals surface area contributed by atoms with Crippen LogP contribution in [0.1, 0.15) is 5.56 Å². The van der Waals surface area contributed by atoms with Crippen molar-refractivity contribution in [2.75, 3.05) is 25.2 Å². The number of thioether (sulfide) groups is 2. The molecule has 8 heteroatoms. The maximum atomic E-state index is 12.2. The third-order valence-electron chi connectivity index (χ3n) is 3.23. The van der Waals surface area contributed by atoms with Gasteiger partial charge >= 0.3 is 0 Å². The number of carbonyl (C=O) groups excluding carboxylic acids is 2. The number of amides is 2. The molecule has 2 aromatic rings. The molecule has 0 fully saturated rings. The number of para-hydroxylation sites is 1. The van der Waals surface area contributed by atoms with Crippen molar-refractivity contribution in [2.45, 2.75) is 10.6 Å². The van der Waals surface area contributed by atoms with Crippen molar-refractivity contribution in [3.05, 3.63) is 58.1 Å². The van der Waals surface area contributed by atoms with Gasteiger partial charge in [-0.3, -0.25) is 9.59 Å². The lowest BCUT2D eigenvalue weighted by atomic mass is 10.2. The van der Waals surface area contributed by atoms with E-state index in [1.54, 1.807) is 32.3 Å². The Morgan fingerprint density at radius 2 is 1.85 bits per heavy atom. The average molecular weight is 429 g/mol. The van der Waals surface area contributed by atoms with Crippen molar-refractivity contribution >= 4 is 63.6 Å². The van der Waals surface area contributed by atoms with Crippen LogP contribution >= 0.6 is 46.7 Å². The Labute approximate surface area is 171 Å². The largest absolute Gasteiger partial charge is 0.339 e. The van der Waals surface area contributed by atoms with E-state index in [-0.39, 0.29) is 16.9 Å². The molecule has 2 amide bonds. The first-order valence-corrected chi connectivity index (χ1v) is 10.4. The molecule has 0 bridgehead atoms. The molecule has 4 nitrogen and oxygen atoms in total. The Hall–Kier alpha value is -1.34. The zero-order valence-electron chi connectivity index (χ0n) is 14.3. The van der Waals surface area contributed by atoms with E-state index >= 15 is 0 Å². The molecule has 0 spiro atoms. The third kappa shape index (κ3) is 6.43. The van der Waals surface area contributed by atoms with Crippen LogP contribution in [0, 0.1) is 0 Å². The SMILES string of the molecule is CN(C)C(=O)Sc1ccccc1NC(=O)CSCc1ccc(Cl)cc1Cl. The second-order valence-electron chi connectivity index (χ2n) is 5.54. The molecular weight excluding hydrogens is 411 g/mol. The number of hydrogen-bond acceptors (Lipinski definition) is 4. The Balaban J connectivity index is 1.90. The van der Waals surface area contributed by atoms with Gasteiger partial charge < -0.3 is 10.2 Å². The van der Waals surface area contributed by atoms with Crippen molar-refractivity contribution in [2.24, 2.45) is 0 Å². The fourth-order valence-electron chi connectivity index (χ4n) is 1.92. The molecule has 0 radical (unpaired) electrons.